The Morgan fingerprint density at radius 2 is 1.94 bits per heavy atom. The van der Waals surface area contributed by atoms with E-state index in [0.29, 0.717) is 0 Å². The second kappa shape index (κ2) is 9.13. The Morgan fingerprint density at radius 1 is 1.17 bits per heavy atom. The van der Waals surface area contributed by atoms with Crippen molar-refractivity contribution in [3.8, 4) is 0 Å². The highest BCUT2D eigenvalue weighted by Gasteiger charge is 2.19. The molecule has 1 aliphatic carbocycles. The predicted octanol–water partition coefficient (Wildman–Crippen LogP) is 1.87. The lowest BCUT2D eigenvalue weighted by Crippen LogP contribution is -2.39. The number of rotatable bonds is 6. The van der Waals surface area contributed by atoms with Crippen LogP contribution in [0.1, 0.15) is 38.5 Å². The van der Waals surface area contributed by atoms with E-state index in [1.807, 2.05) is 0 Å². The molecule has 1 heterocycles. The summed E-state index contributed by atoms with van der Waals surface area (Å²) in [6, 6.07) is 0.869. The fourth-order valence-corrected chi connectivity index (χ4v) is 3.19. The topological polar surface area (TPSA) is 27.3 Å². The largest absolute Gasteiger partial charge is 0.316 e. The maximum atomic E-state index is 3.63. The quantitative estimate of drug-likeness (QED) is 0.725. The standard InChI is InChI=1S/C14H29N3.ClH/c1-17(14-6-2-3-7-14)10-9-16-12-13-5-4-8-15-11-13;/h13-16H,2-12H2,1H3;1H. The van der Waals surface area contributed by atoms with E-state index in [4.69, 9.17) is 0 Å². The number of halogens is 1. The molecule has 108 valence electrons. The van der Waals surface area contributed by atoms with Gasteiger partial charge in [0.2, 0.25) is 0 Å². The Hall–Kier alpha value is 0.170. The van der Waals surface area contributed by atoms with E-state index in [9.17, 15) is 0 Å². The van der Waals surface area contributed by atoms with E-state index in [1.165, 1.54) is 64.7 Å². The number of nitrogens with one attached hydrogen (secondary N) is 2. The van der Waals surface area contributed by atoms with Crippen LogP contribution in [0.25, 0.3) is 0 Å². The first kappa shape index (κ1) is 16.2. The molecule has 1 unspecified atom stereocenters. The van der Waals surface area contributed by atoms with Crippen LogP contribution in [0.3, 0.4) is 0 Å². The lowest BCUT2D eigenvalue weighted by molar-refractivity contribution is 0.242. The van der Waals surface area contributed by atoms with Gasteiger partial charge >= 0.3 is 0 Å². The monoisotopic (exact) mass is 275 g/mol. The Bertz CT molecular complexity index is 201. The van der Waals surface area contributed by atoms with Gasteiger partial charge in [0.05, 0.1) is 0 Å². The summed E-state index contributed by atoms with van der Waals surface area (Å²) >= 11 is 0. The van der Waals surface area contributed by atoms with Gasteiger partial charge in [-0.15, -0.1) is 12.4 Å². The molecule has 1 saturated carbocycles. The summed E-state index contributed by atoms with van der Waals surface area (Å²) in [7, 11) is 2.29. The van der Waals surface area contributed by atoms with Crippen LogP contribution >= 0.6 is 12.4 Å². The first-order chi connectivity index (χ1) is 8.36. The molecule has 0 aromatic rings. The van der Waals surface area contributed by atoms with Crippen molar-refractivity contribution in [2.24, 2.45) is 5.92 Å². The minimum absolute atomic E-state index is 0. The van der Waals surface area contributed by atoms with Crippen molar-refractivity contribution in [2.45, 2.75) is 44.6 Å². The van der Waals surface area contributed by atoms with Gasteiger partial charge in [-0.05, 0) is 58.3 Å². The zero-order valence-corrected chi connectivity index (χ0v) is 12.6. The fourth-order valence-electron chi connectivity index (χ4n) is 3.19. The van der Waals surface area contributed by atoms with E-state index in [0.717, 1.165) is 18.5 Å². The van der Waals surface area contributed by atoms with Crippen molar-refractivity contribution < 1.29 is 0 Å². The Labute approximate surface area is 118 Å². The van der Waals surface area contributed by atoms with Crippen LogP contribution in [0.5, 0.6) is 0 Å². The van der Waals surface area contributed by atoms with E-state index < -0.39 is 0 Å². The summed E-state index contributed by atoms with van der Waals surface area (Å²) in [6.07, 6.45) is 8.48. The molecule has 0 bridgehead atoms. The molecule has 1 atom stereocenters. The molecule has 0 aromatic heterocycles. The maximum Gasteiger partial charge on any atom is 0.0107 e. The van der Waals surface area contributed by atoms with E-state index in [1.54, 1.807) is 0 Å². The lowest BCUT2D eigenvalue weighted by Gasteiger charge is -2.26. The number of likely N-dealkylation sites (N-methyl/N-ethyl adjacent to an activating group) is 1. The normalized spacial score (nSPS) is 25.3. The molecule has 0 spiro atoms. The molecule has 2 aliphatic rings. The SMILES string of the molecule is CN(CCNCC1CCCNC1)C1CCCC1.Cl. The van der Waals surface area contributed by atoms with Crippen LogP contribution in [-0.2, 0) is 0 Å². The number of nitrogens with zero attached hydrogens (tertiary/aromatic N) is 1. The molecule has 0 amide bonds. The van der Waals surface area contributed by atoms with Crippen molar-refractivity contribution in [1.29, 1.82) is 0 Å². The first-order valence-corrected chi connectivity index (χ1v) is 7.48. The van der Waals surface area contributed by atoms with Gasteiger partial charge < -0.3 is 15.5 Å². The minimum atomic E-state index is 0. The highest BCUT2D eigenvalue weighted by atomic mass is 35.5. The first-order valence-electron chi connectivity index (χ1n) is 7.48. The summed E-state index contributed by atoms with van der Waals surface area (Å²) in [5.74, 6) is 0.862. The maximum absolute atomic E-state index is 3.63. The van der Waals surface area contributed by atoms with Gasteiger partial charge in [-0.1, -0.05) is 12.8 Å². The summed E-state index contributed by atoms with van der Waals surface area (Å²) < 4.78 is 0. The van der Waals surface area contributed by atoms with E-state index in [-0.39, 0.29) is 12.4 Å². The van der Waals surface area contributed by atoms with Crippen molar-refractivity contribution in [3.63, 3.8) is 0 Å². The Balaban J connectivity index is 0.00000162. The Kier molecular flexibility index (Phi) is 8.23. The minimum Gasteiger partial charge on any atom is -0.316 e. The smallest absolute Gasteiger partial charge is 0.0107 e. The van der Waals surface area contributed by atoms with Crippen LogP contribution in [-0.4, -0.2) is 50.7 Å². The van der Waals surface area contributed by atoms with Gasteiger partial charge in [0, 0.05) is 19.1 Å². The average Bonchev–Trinajstić information content (AvgIpc) is 2.89. The molecular weight excluding hydrogens is 246 g/mol. The molecule has 2 fully saturated rings. The van der Waals surface area contributed by atoms with Crippen LogP contribution in [0.4, 0.5) is 0 Å². The van der Waals surface area contributed by atoms with Gasteiger partial charge in [-0.25, -0.2) is 0 Å². The van der Waals surface area contributed by atoms with Crippen molar-refractivity contribution in [2.75, 3.05) is 39.8 Å². The van der Waals surface area contributed by atoms with Crippen molar-refractivity contribution in [1.82, 2.24) is 15.5 Å². The molecule has 18 heavy (non-hydrogen) atoms. The van der Waals surface area contributed by atoms with Gasteiger partial charge in [0.1, 0.15) is 0 Å². The van der Waals surface area contributed by atoms with Crippen molar-refractivity contribution >= 4 is 12.4 Å². The molecule has 0 aromatic carbocycles. The molecule has 2 rings (SSSR count). The van der Waals surface area contributed by atoms with Crippen LogP contribution in [0, 0.1) is 5.92 Å². The second-order valence-corrected chi connectivity index (χ2v) is 5.84. The van der Waals surface area contributed by atoms with Crippen LogP contribution in [0.2, 0.25) is 0 Å². The van der Waals surface area contributed by atoms with Crippen LogP contribution in [0.15, 0.2) is 0 Å². The molecule has 1 saturated heterocycles. The molecule has 3 nitrogen and oxygen atoms in total. The molecule has 0 radical (unpaired) electrons. The predicted molar refractivity (Wildman–Crippen MR) is 80.6 cm³/mol. The third-order valence-corrected chi connectivity index (χ3v) is 4.42. The third kappa shape index (κ3) is 5.43. The zero-order chi connectivity index (χ0) is 11.9. The van der Waals surface area contributed by atoms with Gasteiger partial charge in [0.15, 0.2) is 0 Å². The van der Waals surface area contributed by atoms with E-state index in [2.05, 4.69) is 22.6 Å². The second-order valence-electron chi connectivity index (χ2n) is 5.84. The summed E-state index contributed by atoms with van der Waals surface area (Å²) in [6.45, 7) is 6.01. The number of piperidine rings is 1. The Morgan fingerprint density at radius 3 is 2.61 bits per heavy atom. The average molecular weight is 276 g/mol. The number of hydrogen-bond donors (Lipinski definition) is 2. The third-order valence-electron chi connectivity index (χ3n) is 4.42. The van der Waals surface area contributed by atoms with Gasteiger partial charge in [-0.2, -0.15) is 0 Å². The number of hydrogen-bond acceptors (Lipinski definition) is 3. The summed E-state index contributed by atoms with van der Waals surface area (Å²) in [5, 5.41) is 7.11. The van der Waals surface area contributed by atoms with E-state index >= 15 is 0 Å². The van der Waals surface area contributed by atoms with Crippen molar-refractivity contribution in [3.05, 3.63) is 0 Å². The highest BCUT2D eigenvalue weighted by Crippen LogP contribution is 2.21. The summed E-state index contributed by atoms with van der Waals surface area (Å²) in [5.41, 5.74) is 0. The highest BCUT2D eigenvalue weighted by molar-refractivity contribution is 5.85. The summed E-state index contributed by atoms with van der Waals surface area (Å²) in [4.78, 5) is 2.55. The van der Waals surface area contributed by atoms with Gasteiger partial charge in [0.25, 0.3) is 0 Å². The molecule has 1 aliphatic heterocycles. The molecule has 4 heteroatoms. The molecular formula is C14H30ClN3. The van der Waals surface area contributed by atoms with Gasteiger partial charge in [-0.3, -0.25) is 0 Å². The zero-order valence-electron chi connectivity index (χ0n) is 11.8. The fraction of sp³-hybridized carbons (Fsp3) is 1.00. The lowest BCUT2D eigenvalue weighted by atomic mass is 10.00. The molecule has 2 N–H and O–H groups in total. The van der Waals surface area contributed by atoms with Crippen LogP contribution < -0.4 is 10.6 Å².